The Kier molecular flexibility index (Phi) is 3.81. The number of anilines is 1. The minimum Gasteiger partial charge on any atom is -0.369 e. The summed E-state index contributed by atoms with van der Waals surface area (Å²) in [6.07, 6.45) is 6.40. The summed E-state index contributed by atoms with van der Waals surface area (Å²) < 4.78 is 0. The van der Waals surface area contributed by atoms with Gasteiger partial charge in [0, 0.05) is 36.7 Å². The lowest BCUT2D eigenvalue weighted by molar-refractivity contribution is 0.0944. The Labute approximate surface area is 140 Å². The van der Waals surface area contributed by atoms with E-state index in [0.717, 1.165) is 42.8 Å². The Morgan fingerprint density at radius 3 is 3.13 bits per heavy atom. The minimum atomic E-state index is 0.0734. The highest BCUT2D eigenvalue weighted by Gasteiger charge is 2.28. The van der Waals surface area contributed by atoms with E-state index in [1.165, 1.54) is 34.7 Å². The Hall–Kier alpha value is -1.88. The van der Waals surface area contributed by atoms with Crippen LogP contribution in [0.25, 0.3) is 0 Å². The number of carbonyl (C=O) groups excluding carboxylic acids is 1. The summed E-state index contributed by atoms with van der Waals surface area (Å²) in [4.78, 5) is 20.1. The van der Waals surface area contributed by atoms with Crippen molar-refractivity contribution in [2.75, 3.05) is 18.0 Å². The van der Waals surface area contributed by atoms with Crippen LogP contribution < -0.4 is 10.2 Å². The Morgan fingerprint density at radius 1 is 1.39 bits per heavy atom. The molecule has 2 aromatic heterocycles. The molecule has 0 radical (unpaired) electrons. The van der Waals surface area contributed by atoms with Crippen molar-refractivity contribution >= 4 is 22.9 Å². The van der Waals surface area contributed by atoms with E-state index in [4.69, 9.17) is 0 Å². The second kappa shape index (κ2) is 5.96. The molecular weight excluding hydrogens is 306 g/mol. The molecule has 0 spiro atoms. The van der Waals surface area contributed by atoms with Gasteiger partial charge in [-0.05, 0) is 61.2 Å². The van der Waals surface area contributed by atoms with Crippen LogP contribution in [0.1, 0.15) is 39.3 Å². The predicted molar refractivity (Wildman–Crippen MR) is 93.4 cm³/mol. The van der Waals surface area contributed by atoms with Crippen LogP contribution in [0.5, 0.6) is 0 Å². The molecule has 0 saturated carbocycles. The van der Waals surface area contributed by atoms with Crippen LogP contribution in [0.2, 0.25) is 0 Å². The number of fused-ring (bicyclic) bond motifs is 1. The Balaban J connectivity index is 1.45. The molecule has 1 amide bonds. The molecule has 0 bridgehead atoms. The predicted octanol–water partition coefficient (Wildman–Crippen LogP) is 2.95. The van der Waals surface area contributed by atoms with Gasteiger partial charge in [0.05, 0.1) is 4.88 Å². The third-order valence-electron chi connectivity index (χ3n) is 4.89. The fraction of sp³-hybridized carbons (Fsp3) is 0.444. The molecule has 1 unspecified atom stereocenters. The average Bonchev–Trinajstić information content (AvgIpc) is 3.26. The number of pyridine rings is 1. The highest BCUT2D eigenvalue weighted by molar-refractivity contribution is 7.12. The highest BCUT2D eigenvalue weighted by Crippen LogP contribution is 2.31. The van der Waals surface area contributed by atoms with Crippen LogP contribution in [0.4, 0.5) is 5.69 Å². The molecule has 4 rings (SSSR count). The largest absolute Gasteiger partial charge is 0.369 e. The molecule has 1 saturated heterocycles. The van der Waals surface area contributed by atoms with Crippen LogP contribution in [0.15, 0.2) is 23.7 Å². The summed E-state index contributed by atoms with van der Waals surface area (Å²) in [5.41, 5.74) is 5.09. The van der Waals surface area contributed by atoms with Gasteiger partial charge in [-0.25, -0.2) is 0 Å². The van der Waals surface area contributed by atoms with Gasteiger partial charge in [-0.1, -0.05) is 0 Å². The molecule has 0 aromatic carbocycles. The van der Waals surface area contributed by atoms with E-state index >= 15 is 0 Å². The van der Waals surface area contributed by atoms with Crippen molar-refractivity contribution in [3.8, 4) is 0 Å². The second-order valence-corrected chi connectivity index (χ2v) is 7.36. The maximum absolute atomic E-state index is 12.4. The molecule has 1 aliphatic carbocycles. The van der Waals surface area contributed by atoms with E-state index in [-0.39, 0.29) is 11.9 Å². The van der Waals surface area contributed by atoms with Crippen LogP contribution in [0, 0.1) is 6.92 Å². The van der Waals surface area contributed by atoms with E-state index < -0.39 is 0 Å². The molecular formula is C18H21N3OS. The lowest BCUT2D eigenvalue weighted by Crippen LogP contribution is -2.37. The molecule has 23 heavy (non-hydrogen) atoms. The van der Waals surface area contributed by atoms with Crippen molar-refractivity contribution in [2.45, 2.75) is 38.6 Å². The summed E-state index contributed by atoms with van der Waals surface area (Å²) >= 11 is 1.52. The number of hydrogen-bond donors (Lipinski definition) is 1. The molecule has 1 aliphatic heterocycles. The number of nitrogens with zero attached hydrogens (tertiary/aromatic N) is 2. The van der Waals surface area contributed by atoms with Gasteiger partial charge in [0.1, 0.15) is 0 Å². The van der Waals surface area contributed by atoms with Crippen LogP contribution >= 0.6 is 11.3 Å². The van der Waals surface area contributed by atoms with Crippen molar-refractivity contribution in [1.82, 2.24) is 10.3 Å². The van der Waals surface area contributed by atoms with E-state index in [1.54, 1.807) is 0 Å². The maximum Gasteiger partial charge on any atom is 0.261 e. The first-order chi connectivity index (χ1) is 11.2. The van der Waals surface area contributed by atoms with Crippen molar-refractivity contribution in [3.63, 3.8) is 0 Å². The number of aromatic nitrogens is 1. The Morgan fingerprint density at radius 2 is 2.30 bits per heavy atom. The first-order valence-corrected chi connectivity index (χ1v) is 9.17. The molecule has 4 nitrogen and oxygen atoms in total. The summed E-state index contributed by atoms with van der Waals surface area (Å²) in [6, 6.07) is 4.37. The summed E-state index contributed by atoms with van der Waals surface area (Å²) in [6.45, 7) is 3.89. The number of aryl methyl sites for hydroxylation is 2. The van der Waals surface area contributed by atoms with E-state index in [9.17, 15) is 4.79 Å². The zero-order valence-corrected chi connectivity index (χ0v) is 14.2. The van der Waals surface area contributed by atoms with Gasteiger partial charge in [-0.2, -0.15) is 0 Å². The average molecular weight is 327 g/mol. The lowest BCUT2D eigenvalue weighted by Gasteiger charge is -2.21. The highest BCUT2D eigenvalue weighted by atomic mass is 32.1. The normalized spacial score (nSPS) is 19.9. The number of thiophene rings is 1. The standard InChI is InChI=1S/C18H21N3OS/c1-12-7-10-23-17(12)18(22)20-13-6-9-21(11-13)16-5-8-19-15-4-2-3-14(15)16/h5,7-8,10,13H,2-4,6,9,11H2,1H3,(H,20,22). The maximum atomic E-state index is 12.4. The van der Waals surface area contributed by atoms with Crippen LogP contribution in [-0.2, 0) is 12.8 Å². The first kappa shape index (κ1) is 14.7. The van der Waals surface area contributed by atoms with Gasteiger partial charge in [0.15, 0.2) is 0 Å². The molecule has 2 aliphatic rings. The number of carbonyl (C=O) groups is 1. The van der Waals surface area contributed by atoms with Gasteiger partial charge >= 0.3 is 0 Å². The molecule has 3 heterocycles. The van der Waals surface area contributed by atoms with Crippen molar-refractivity contribution in [2.24, 2.45) is 0 Å². The third kappa shape index (κ3) is 2.74. The molecule has 1 fully saturated rings. The van der Waals surface area contributed by atoms with Gasteiger partial charge < -0.3 is 10.2 Å². The van der Waals surface area contributed by atoms with Crippen molar-refractivity contribution in [1.29, 1.82) is 0 Å². The number of amides is 1. The monoisotopic (exact) mass is 327 g/mol. The number of hydrogen-bond acceptors (Lipinski definition) is 4. The van der Waals surface area contributed by atoms with Crippen molar-refractivity contribution < 1.29 is 4.79 Å². The second-order valence-electron chi connectivity index (χ2n) is 6.45. The number of nitrogens with one attached hydrogen (secondary N) is 1. The summed E-state index contributed by atoms with van der Waals surface area (Å²) in [7, 11) is 0. The van der Waals surface area contributed by atoms with Crippen LogP contribution in [-0.4, -0.2) is 30.0 Å². The lowest BCUT2D eigenvalue weighted by atomic mass is 10.1. The topological polar surface area (TPSA) is 45.2 Å². The Bertz CT molecular complexity index is 740. The van der Waals surface area contributed by atoms with E-state index in [2.05, 4.69) is 21.3 Å². The number of rotatable bonds is 3. The minimum absolute atomic E-state index is 0.0734. The van der Waals surface area contributed by atoms with Gasteiger partial charge in [0.25, 0.3) is 5.91 Å². The van der Waals surface area contributed by atoms with E-state index in [0.29, 0.717) is 0 Å². The summed E-state index contributed by atoms with van der Waals surface area (Å²) in [5, 5.41) is 5.18. The van der Waals surface area contributed by atoms with Gasteiger partial charge in [0.2, 0.25) is 0 Å². The molecule has 2 aromatic rings. The van der Waals surface area contributed by atoms with Crippen molar-refractivity contribution in [3.05, 3.63) is 45.4 Å². The summed E-state index contributed by atoms with van der Waals surface area (Å²) in [5.74, 6) is 0.0734. The third-order valence-corrected chi connectivity index (χ3v) is 5.91. The first-order valence-electron chi connectivity index (χ1n) is 8.29. The molecule has 5 heteroatoms. The quantitative estimate of drug-likeness (QED) is 0.943. The zero-order valence-electron chi connectivity index (χ0n) is 13.3. The van der Waals surface area contributed by atoms with Crippen LogP contribution in [0.3, 0.4) is 0 Å². The van der Waals surface area contributed by atoms with Gasteiger partial charge in [-0.15, -0.1) is 11.3 Å². The SMILES string of the molecule is Cc1ccsc1C(=O)NC1CCN(c2ccnc3c2CCC3)C1. The van der Waals surface area contributed by atoms with Gasteiger partial charge in [-0.3, -0.25) is 9.78 Å². The zero-order chi connectivity index (χ0) is 15.8. The molecule has 1 N–H and O–H groups in total. The molecule has 120 valence electrons. The molecule has 1 atom stereocenters. The van der Waals surface area contributed by atoms with E-state index in [1.807, 2.05) is 24.6 Å². The fourth-order valence-electron chi connectivity index (χ4n) is 3.69. The fourth-order valence-corrected chi connectivity index (χ4v) is 4.52. The smallest absolute Gasteiger partial charge is 0.261 e.